The van der Waals surface area contributed by atoms with Crippen LogP contribution in [0.5, 0.6) is 5.75 Å². The van der Waals surface area contributed by atoms with E-state index in [1.165, 1.54) is 0 Å². The van der Waals surface area contributed by atoms with Crippen LogP contribution in [0.3, 0.4) is 0 Å². The lowest BCUT2D eigenvalue weighted by Crippen LogP contribution is -2.47. The number of hydrogen-bond donors (Lipinski definition) is 2. The number of carbonyl (C=O) groups is 2. The van der Waals surface area contributed by atoms with E-state index in [0.717, 1.165) is 5.56 Å². The Kier molecular flexibility index (Phi) is 5.57. The third kappa shape index (κ3) is 5.07. The van der Waals surface area contributed by atoms with Gasteiger partial charge in [-0.1, -0.05) is 12.1 Å². The maximum absolute atomic E-state index is 11.8. The summed E-state index contributed by atoms with van der Waals surface area (Å²) in [5, 5.41) is 0. The van der Waals surface area contributed by atoms with Crippen molar-refractivity contribution < 1.29 is 19.1 Å². The fraction of sp³-hybridized carbons (Fsp3) is 0.467. The summed E-state index contributed by atoms with van der Waals surface area (Å²) in [6.07, 6.45) is 1.36. The average Bonchev–Trinajstić information content (AvgIpc) is 2.51. The minimum atomic E-state index is -0.392. The predicted octanol–water partition coefficient (Wildman–Crippen LogP) is 0.948. The highest BCUT2D eigenvalue weighted by Gasteiger charge is 2.21. The fourth-order valence-electron chi connectivity index (χ4n) is 2.08. The number of carbonyl (C=O) groups excluding carboxylic acids is 2. The second-order valence-electron chi connectivity index (χ2n) is 5.03. The van der Waals surface area contributed by atoms with Crippen LogP contribution in [-0.2, 0) is 14.3 Å². The van der Waals surface area contributed by atoms with Gasteiger partial charge in [0.25, 0.3) is 5.91 Å². The van der Waals surface area contributed by atoms with E-state index in [1.54, 1.807) is 6.07 Å². The maximum Gasteiger partial charge on any atom is 0.276 e. The molecule has 0 radical (unpaired) electrons. The summed E-state index contributed by atoms with van der Waals surface area (Å²) in [5.74, 6) is -0.0447. The highest BCUT2D eigenvalue weighted by Crippen LogP contribution is 2.14. The zero-order chi connectivity index (χ0) is 15.1. The number of hydrazine groups is 1. The molecule has 114 valence electrons. The molecule has 0 aromatic heterocycles. The lowest BCUT2D eigenvalue weighted by Gasteiger charge is -2.21. The molecule has 2 N–H and O–H groups in total. The third-order valence-corrected chi connectivity index (χ3v) is 3.28. The Bertz CT molecular complexity index is 498. The minimum absolute atomic E-state index is 0.100. The Labute approximate surface area is 123 Å². The van der Waals surface area contributed by atoms with Gasteiger partial charge in [-0.3, -0.25) is 20.4 Å². The van der Waals surface area contributed by atoms with Crippen LogP contribution in [0.4, 0.5) is 0 Å². The summed E-state index contributed by atoms with van der Waals surface area (Å²) in [6.45, 7) is 2.98. The Hall–Kier alpha value is -2.08. The Morgan fingerprint density at radius 3 is 2.76 bits per heavy atom. The molecule has 1 heterocycles. The zero-order valence-electron chi connectivity index (χ0n) is 12.1. The predicted molar refractivity (Wildman–Crippen MR) is 76.5 cm³/mol. The van der Waals surface area contributed by atoms with Gasteiger partial charge in [-0.2, -0.15) is 0 Å². The van der Waals surface area contributed by atoms with E-state index in [1.807, 2.05) is 25.1 Å². The Morgan fingerprint density at radius 2 is 2.05 bits per heavy atom. The summed E-state index contributed by atoms with van der Waals surface area (Å²) in [7, 11) is 0. The quantitative estimate of drug-likeness (QED) is 0.810. The van der Waals surface area contributed by atoms with Gasteiger partial charge in [0, 0.05) is 19.1 Å². The molecule has 1 aromatic rings. The van der Waals surface area contributed by atoms with Crippen molar-refractivity contribution in [3.05, 3.63) is 29.8 Å². The highest BCUT2D eigenvalue weighted by molar-refractivity contribution is 5.84. The van der Waals surface area contributed by atoms with Crippen molar-refractivity contribution in [3.8, 4) is 5.75 Å². The van der Waals surface area contributed by atoms with Gasteiger partial charge in [-0.05, 0) is 37.5 Å². The van der Waals surface area contributed by atoms with Crippen LogP contribution in [0.15, 0.2) is 24.3 Å². The molecule has 1 fully saturated rings. The van der Waals surface area contributed by atoms with Crippen molar-refractivity contribution in [2.24, 2.45) is 5.92 Å². The average molecular weight is 292 g/mol. The molecule has 1 aromatic carbocycles. The Morgan fingerprint density at radius 1 is 1.29 bits per heavy atom. The summed E-state index contributed by atoms with van der Waals surface area (Å²) in [4.78, 5) is 23.4. The van der Waals surface area contributed by atoms with Crippen LogP contribution in [0, 0.1) is 12.8 Å². The summed E-state index contributed by atoms with van der Waals surface area (Å²) >= 11 is 0. The molecule has 0 atom stereocenters. The lowest BCUT2D eigenvalue weighted by molar-refractivity contribution is -0.133. The molecule has 2 amide bonds. The first-order valence-corrected chi connectivity index (χ1v) is 7.01. The van der Waals surface area contributed by atoms with Crippen molar-refractivity contribution in [1.29, 1.82) is 0 Å². The maximum atomic E-state index is 11.8. The number of rotatable bonds is 4. The van der Waals surface area contributed by atoms with E-state index < -0.39 is 5.91 Å². The number of hydrogen-bond acceptors (Lipinski definition) is 4. The molecular weight excluding hydrogens is 272 g/mol. The molecule has 1 aliphatic heterocycles. The number of aryl methyl sites for hydroxylation is 1. The second kappa shape index (κ2) is 7.64. The molecule has 6 heteroatoms. The van der Waals surface area contributed by atoms with Gasteiger partial charge in [-0.25, -0.2) is 0 Å². The van der Waals surface area contributed by atoms with Crippen molar-refractivity contribution in [2.75, 3.05) is 19.8 Å². The molecule has 1 saturated heterocycles. The van der Waals surface area contributed by atoms with Crippen molar-refractivity contribution >= 4 is 11.8 Å². The minimum Gasteiger partial charge on any atom is -0.484 e. The van der Waals surface area contributed by atoms with Crippen LogP contribution < -0.4 is 15.6 Å². The van der Waals surface area contributed by atoms with E-state index in [2.05, 4.69) is 10.9 Å². The highest BCUT2D eigenvalue weighted by atomic mass is 16.5. The first-order valence-electron chi connectivity index (χ1n) is 7.01. The fourth-order valence-corrected chi connectivity index (χ4v) is 2.08. The molecular formula is C15H20N2O4. The van der Waals surface area contributed by atoms with Crippen molar-refractivity contribution in [2.45, 2.75) is 19.8 Å². The molecule has 0 bridgehead atoms. The van der Waals surface area contributed by atoms with E-state index in [9.17, 15) is 9.59 Å². The zero-order valence-corrected chi connectivity index (χ0v) is 12.1. The summed E-state index contributed by atoms with van der Waals surface area (Å²) < 4.78 is 10.5. The van der Waals surface area contributed by atoms with Gasteiger partial charge < -0.3 is 9.47 Å². The standard InChI is InChI=1S/C15H20N2O4/c1-11-3-2-4-13(9-11)21-10-14(18)16-17-15(19)12-5-7-20-8-6-12/h2-4,9,12H,5-8,10H2,1H3,(H,16,18)(H,17,19). The first-order chi connectivity index (χ1) is 10.1. The first kappa shape index (κ1) is 15.3. The van der Waals surface area contributed by atoms with Crippen LogP contribution in [0.25, 0.3) is 0 Å². The Balaban J connectivity index is 1.68. The molecule has 0 aliphatic carbocycles. The van der Waals surface area contributed by atoms with Gasteiger partial charge in [-0.15, -0.1) is 0 Å². The molecule has 1 aliphatic rings. The van der Waals surface area contributed by atoms with Crippen LogP contribution >= 0.6 is 0 Å². The monoisotopic (exact) mass is 292 g/mol. The molecule has 2 rings (SSSR count). The summed E-state index contributed by atoms with van der Waals surface area (Å²) in [5.41, 5.74) is 5.84. The molecule has 0 saturated carbocycles. The largest absolute Gasteiger partial charge is 0.484 e. The normalized spacial score (nSPS) is 15.3. The summed E-state index contributed by atoms with van der Waals surface area (Å²) in [6, 6.07) is 7.42. The third-order valence-electron chi connectivity index (χ3n) is 3.28. The van der Waals surface area contributed by atoms with Crippen LogP contribution in [0.1, 0.15) is 18.4 Å². The van der Waals surface area contributed by atoms with Gasteiger partial charge in [0.1, 0.15) is 5.75 Å². The molecule has 0 unspecified atom stereocenters. The number of amides is 2. The van der Waals surface area contributed by atoms with Gasteiger partial charge in [0.05, 0.1) is 0 Å². The SMILES string of the molecule is Cc1cccc(OCC(=O)NNC(=O)C2CCOCC2)c1. The van der Waals surface area contributed by atoms with E-state index in [0.29, 0.717) is 31.8 Å². The molecule has 6 nitrogen and oxygen atoms in total. The topological polar surface area (TPSA) is 76.7 Å². The van der Waals surface area contributed by atoms with Crippen molar-refractivity contribution in [1.82, 2.24) is 10.9 Å². The number of benzene rings is 1. The van der Waals surface area contributed by atoms with Crippen molar-refractivity contribution in [3.63, 3.8) is 0 Å². The smallest absolute Gasteiger partial charge is 0.276 e. The molecule has 21 heavy (non-hydrogen) atoms. The van der Waals surface area contributed by atoms with Crippen LogP contribution in [0.2, 0.25) is 0 Å². The molecule has 0 spiro atoms. The van der Waals surface area contributed by atoms with Gasteiger partial charge in [0.2, 0.25) is 5.91 Å². The number of nitrogens with one attached hydrogen (secondary N) is 2. The van der Waals surface area contributed by atoms with E-state index >= 15 is 0 Å². The lowest BCUT2D eigenvalue weighted by atomic mass is 10.00. The second-order valence-corrected chi connectivity index (χ2v) is 5.03. The van der Waals surface area contributed by atoms with Gasteiger partial charge >= 0.3 is 0 Å². The van der Waals surface area contributed by atoms with E-state index in [-0.39, 0.29) is 18.4 Å². The van der Waals surface area contributed by atoms with E-state index in [4.69, 9.17) is 9.47 Å². The van der Waals surface area contributed by atoms with Gasteiger partial charge in [0.15, 0.2) is 6.61 Å². The number of ether oxygens (including phenoxy) is 2. The van der Waals surface area contributed by atoms with Crippen LogP contribution in [-0.4, -0.2) is 31.6 Å².